The monoisotopic (exact) mass is 396 g/mol. The molecule has 0 N–H and O–H groups in total. The summed E-state index contributed by atoms with van der Waals surface area (Å²) in [6, 6.07) is 6.96. The number of nitrogens with zero attached hydrogens (tertiary/aromatic N) is 2. The normalized spacial score (nSPS) is 24.5. The molecule has 3 rings (SSSR count). The molecule has 0 radical (unpaired) electrons. The van der Waals surface area contributed by atoms with Crippen molar-refractivity contribution in [1.29, 1.82) is 0 Å². The smallest absolute Gasteiger partial charge is 0.253 e. The van der Waals surface area contributed by atoms with Gasteiger partial charge in [0.2, 0.25) is 0 Å². The fourth-order valence-corrected chi connectivity index (χ4v) is 3.03. The summed E-state index contributed by atoms with van der Waals surface area (Å²) in [6.07, 6.45) is -4.06. The van der Waals surface area contributed by atoms with Crippen LogP contribution in [0.2, 0.25) is 5.02 Å². The number of carbonyl (C=O) groups is 1. The maximum Gasteiger partial charge on any atom is 0.253 e. The maximum atomic E-state index is 15.9. The lowest BCUT2D eigenvalue weighted by Crippen LogP contribution is -2.44. The van der Waals surface area contributed by atoms with E-state index in [2.05, 4.69) is 4.98 Å². The number of hydrogen-bond acceptors (Lipinski definition) is 2. The number of carbonyl (C=O) groups excluding carboxylic acids is 1. The molecule has 6 heteroatoms. The first kappa shape index (κ1) is 15.0. The first-order valence-electron chi connectivity index (χ1n) is 10.7. The van der Waals surface area contributed by atoms with Gasteiger partial charge in [-0.05, 0) is 68.8 Å². The zero-order valence-electron chi connectivity index (χ0n) is 18.9. The molecule has 2 aromatic rings. The van der Waals surface area contributed by atoms with Crippen LogP contribution in [0, 0.1) is 12.7 Å². The van der Waals surface area contributed by atoms with E-state index in [0.717, 1.165) is 22.6 Å². The minimum atomic E-state index is -2.79. The molecule has 1 saturated heterocycles. The fourth-order valence-electron chi connectivity index (χ4n) is 2.85. The summed E-state index contributed by atoms with van der Waals surface area (Å²) in [5, 5.41) is -0.244. The highest BCUT2D eigenvalue weighted by molar-refractivity contribution is 6.31. The number of rotatable bonds is 5. The molecule has 1 atom stereocenters. The van der Waals surface area contributed by atoms with Gasteiger partial charge in [-0.2, -0.15) is 0 Å². The largest absolute Gasteiger partial charge is 0.338 e. The van der Waals surface area contributed by atoms with Crippen LogP contribution >= 0.6 is 11.6 Å². The van der Waals surface area contributed by atoms with Gasteiger partial charge in [-0.1, -0.05) is 17.7 Å². The van der Waals surface area contributed by atoms with Crippen molar-refractivity contribution >= 4 is 17.5 Å². The molecule has 0 aliphatic carbocycles. The van der Waals surface area contributed by atoms with Crippen LogP contribution in [0.25, 0.3) is 0 Å². The summed E-state index contributed by atoms with van der Waals surface area (Å²) in [4.78, 5) is 18.0. The second-order valence-corrected chi connectivity index (χ2v) is 6.99. The van der Waals surface area contributed by atoms with E-state index >= 15 is 4.39 Å². The number of alkyl halides is 1. The van der Waals surface area contributed by atoms with Gasteiger partial charge in [0.15, 0.2) is 0 Å². The lowest BCUT2D eigenvalue weighted by Gasteiger charge is -2.36. The molecule has 3 nitrogen and oxygen atoms in total. The van der Waals surface area contributed by atoms with Crippen LogP contribution < -0.4 is 0 Å². The highest BCUT2D eigenvalue weighted by Gasteiger charge is 2.35. The summed E-state index contributed by atoms with van der Waals surface area (Å²) in [6.45, 7) is 1.07. The van der Waals surface area contributed by atoms with Gasteiger partial charge in [0.1, 0.15) is 11.5 Å². The van der Waals surface area contributed by atoms with Crippen molar-refractivity contribution in [1.82, 2.24) is 9.88 Å². The molecule has 1 amide bonds. The minimum Gasteiger partial charge on any atom is -0.338 e. The Morgan fingerprint density at radius 3 is 2.89 bits per heavy atom. The Morgan fingerprint density at radius 1 is 1.41 bits per heavy atom. The maximum absolute atomic E-state index is 15.9. The van der Waals surface area contributed by atoms with Gasteiger partial charge in [0, 0.05) is 36.0 Å². The fraction of sp³-hybridized carbons (Fsp3) is 0.429. The molecule has 0 saturated carbocycles. The average Bonchev–Trinajstić information content (AvgIpc) is 2.71. The van der Waals surface area contributed by atoms with Crippen LogP contribution in [-0.2, 0) is 6.42 Å². The molecular weight excluding hydrogens is 370 g/mol. The van der Waals surface area contributed by atoms with E-state index in [1.54, 1.807) is 12.3 Å². The second-order valence-electron chi connectivity index (χ2n) is 6.59. The molecular formula is C21H23ClF2N2O. The third kappa shape index (κ3) is 5.04. The van der Waals surface area contributed by atoms with Crippen molar-refractivity contribution in [2.75, 3.05) is 13.1 Å². The zero-order chi connectivity index (χ0) is 23.0. The summed E-state index contributed by atoms with van der Waals surface area (Å²) < 4.78 is 62.4. The van der Waals surface area contributed by atoms with Gasteiger partial charge in [0.25, 0.3) is 5.91 Å². The Labute approximate surface area is 169 Å². The van der Waals surface area contributed by atoms with Gasteiger partial charge >= 0.3 is 0 Å². The van der Waals surface area contributed by atoms with Crippen LogP contribution in [0.3, 0.4) is 0 Å². The molecule has 0 spiro atoms. The molecule has 2 heterocycles. The Kier molecular flexibility index (Phi) is 4.63. The number of hydrogen-bond donors (Lipinski definition) is 0. The van der Waals surface area contributed by atoms with Gasteiger partial charge in [-0.25, -0.2) is 8.78 Å². The standard InChI is InChI=1S/C21H23ClF2N2O/c1-15-4-6-17(25-14-15)3-2-8-21(24)9-11-26(12-10-21)20(27)16-5-7-19(23)18(22)13-16/h4-7,13-14H,2-3,8-12H2,1H3/i8D2,9D2. The Hall–Kier alpha value is -2.01. The number of amides is 1. The number of piperidine rings is 1. The van der Waals surface area contributed by atoms with E-state index < -0.39 is 43.1 Å². The minimum absolute atomic E-state index is 0.0574. The van der Waals surface area contributed by atoms with E-state index in [9.17, 15) is 9.18 Å². The van der Waals surface area contributed by atoms with E-state index in [4.69, 9.17) is 17.1 Å². The van der Waals surface area contributed by atoms with Crippen molar-refractivity contribution in [3.8, 4) is 0 Å². The molecule has 1 aliphatic rings. The summed E-state index contributed by atoms with van der Waals surface area (Å²) in [7, 11) is 0. The lowest BCUT2D eigenvalue weighted by molar-refractivity contribution is 0.0389. The van der Waals surface area contributed by atoms with Crippen molar-refractivity contribution in [2.45, 2.75) is 44.6 Å². The van der Waals surface area contributed by atoms with Crippen LogP contribution in [-0.4, -0.2) is 34.5 Å². The first-order valence-corrected chi connectivity index (χ1v) is 9.09. The van der Waals surface area contributed by atoms with Crippen molar-refractivity contribution in [3.05, 3.63) is 64.2 Å². The van der Waals surface area contributed by atoms with Crippen molar-refractivity contribution in [3.63, 3.8) is 0 Å². The van der Waals surface area contributed by atoms with Crippen LogP contribution in [0.15, 0.2) is 36.5 Å². The van der Waals surface area contributed by atoms with Crippen LogP contribution in [0.4, 0.5) is 8.78 Å². The van der Waals surface area contributed by atoms with Crippen LogP contribution in [0.5, 0.6) is 0 Å². The van der Waals surface area contributed by atoms with Gasteiger partial charge in [0.05, 0.1) is 5.02 Å². The van der Waals surface area contributed by atoms with E-state index in [-0.39, 0.29) is 30.0 Å². The molecule has 0 bridgehead atoms. The number of benzene rings is 1. The average molecular weight is 397 g/mol. The number of aryl methyl sites for hydroxylation is 2. The summed E-state index contributed by atoms with van der Waals surface area (Å²) >= 11 is 5.72. The molecule has 1 aliphatic heterocycles. The van der Waals surface area contributed by atoms with Gasteiger partial charge in [-0.3, -0.25) is 9.78 Å². The van der Waals surface area contributed by atoms with Crippen molar-refractivity contribution in [2.24, 2.45) is 0 Å². The predicted octanol–water partition coefficient (Wildman–Crippen LogP) is 5.15. The number of halogens is 3. The summed E-state index contributed by atoms with van der Waals surface area (Å²) in [5.41, 5.74) is -1.19. The molecule has 1 aromatic heterocycles. The van der Waals surface area contributed by atoms with E-state index in [1.165, 1.54) is 6.07 Å². The molecule has 1 aromatic carbocycles. The Morgan fingerprint density at radius 2 is 2.22 bits per heavy atom. The Balaban J connectivity index is 1.74. The van der Waals surface area contributed by atoms with E-state index in [1.807, 2.05) is 13.0 Å². The van der Waals surface area contributed by atoms with Crippen molar-refractivity contribution < 1.29 is 19.1 Å². The number of likely N-dealkylation sites (tertiary alicyclic amines) is 1. The van der Waals surface area contributed by atoms with Gasteiger partial charge in [-0.15, -0.1) is 0 Å². The Bertz CT molecular complexity index is 974. The first-order chi connectivity index (χ1) is 14.4. The topological polar surface area (TPSA) is 33.2 Å². The second kappa shape index (κ2) is 8.34. The number of aromatic nitrogens is 1. The summed E-state index contributed by atoms with van der Waals surface area (Å²) in [5.74, 6) is -1.30. The quantitative estimate of drug-likeness (QED) is 0.700. The highest BCUT2D eigenvalue weighted by atomic mass is 35.5. The van der Waals surface area contributed by atoms with Crippen LogP contribution in [0.1, 0.15) is 52.7 Å². The SMILES string of the molecule is [2H]C([2H])(CCc1ccc(C)cn1)C1(F)CCN(C(=O)c2ccc(F)c(Cl)c2)CC1([2H])[2H]. The predicted molar refractivity (Wildman–Crippen MR) is 102 cm³/mol. The highest BCUT2D eigenvalue weighted by Crippen LogP contribution is 2.32. The van der Waals surface area contributed by atoms with Gasteiger partial charge < -0.3 is 4.90 Å². The molecule has 144 valence electrons. The molecule has 1 fully saturated rings. The molecule has 1 unspecified atom stereocenters. The number of pyridine rings is 1. The molecule has 27 heavy (non-hydrogen) atoms. The van der Waals surface area contributed by atoms with E-state index in [0.29, 0.717) is 5.69 Å². The zero-order valence-corrected chi connectivity index (χ0v) is 15.7. The lowest BCUT2D eigenvalue weighted by atomic mass is 9.87. The third-order valence-corrected chi connectivity index (χ3v) is 4.78. The third-order valence-electron chi connectivity index (χ3n) is 4.49.